The highest BCUT2D eigenvalue weighted by Gasteiger charge is 2.17. The fourth-order valence-corrected chi connectivity index (χ4v) is 3.79. The molecule has 0 spiro atoms. The van der Waals surface area contributed by atoms with Gasteiger partial charge in [0.1, 0.15) is 6.61 Å². The fraction of sp³-hybridized carbons (Fsp3) is 0.920. The lowest BCUT2D eigenvalue weighted by Crippen LogP contribution is -2.17. The molecule has 0 saturated carbocycles. The topological polar surface area (TPSA) is 61.8 Å². The summed E-state index contributed by atoms with van der Waals surface area (Å²) >= 11 is 0. The van der Waals surface area contributed by atoms with Crippen LogP contribution in [0.1, 0.15) is 122 Å². The molecule has 0 aromatic rings. The van der Waals surface area contributed by atoms with Crippen molar-refractivity contribution in [1.29, 1.82) is 0 Å². The van der Waals surface area contributed by atoms with Crippen LogP contribution < -0.4 is 0 Å². The summed E-state index contributed by atoms with van der Waals surface area (Å²) in [5.74, 6) is -0.462. The fourth-order valence-electron chi connectivity index (χ4n) is 3.79. The summed E-state index contributed by atoms with van der Waals surface area (Å²) in [4.78, 5) is 23.4. The van der Waals surface area contributed by atoms with Gasteiger partial charge in [0, 0.05) is 19.4 Å². The highest BCUT2D eigenvalue weighted by Crippen LogP contribution is 2.13. The van der Waals surface area contributed by atoms with E-state index in [2.05, 4.69) is 6.92 Å². The van der Waals surface area contributed by atoms with Crippen LogP contribution in [0.2, 0.25) is 0 Å². The molecule has 5 heteroatoms. The Bertz CT molecular complexity index is 418. The van der Waals surface area contributed by atoms with Gasteiger partial charge in [0.2, 0.25) is 0 Å². The number of esters is 2. The number of carbonyl (C=O) groups excluding carboxylic acids is 2. The summed E-state index contributed by atoms with van der Waals surface area (Å²) in [5.41, 5.74) is 0. The van der Waals surface area contributed by atoms with E-state index in [1.165, 1.54) is 70.6 Å². The quantitative estimate of drug-likeness (QED) is 0.164. The number of hydrogen-bond acceptors (Lipinski definition) is 5. The Morgan fingerprint density at radius 1 is 0.733 bits per heavy atom. The van der Waals surface area contributed by atoms with Gasteiger partial charge in [-0.15, -0.1) is 0 Å². The third-order valence-electron chi connectivity index (χ3n) is 5.73. The minimum Gasteiger partial charge on any atom is -0.466 e. The summed E-state index contributed by atoms with van der Waals surface area (Å²) < 4.78 is 15.8. The van der Waals surface area contributed by atoms with Crippen molar-refractivity contribution in [2.24, 2.45) is 0 Å². The molecular formula is C25H46O5. The van der Waals surface area contributed by atoms with E-state index in [4.69, 9.17) is 14.2 Å². The Morgan fingerprint density at radius 3 is 1.80 bits per heavy atom. The molecule has 1 aliphatic rings. The van der Waals surface area contributed by atoms with Crippen molar-refractivity contribution in [2.45, 2.75) is 129 Å². The van der Waals surface area contributed by atoms with Gasteiger partial charge in [-0.2, -0.15) is 0 Å². The maximum Gasteiger partial charge on any atom is 0.305 e. The third-order valence-corrected chi connectivity index (χ3v) is 5.73. The van der Waals surface area contributed by atoms with Crippen LogP contribution in [-0.2, 0) is 23.8 Å². The molecule has 0 amide bonds. The highest BCUT2D eigenvalue weighted by atomic mass is 16.6. The van der Waals surface area contributed by atoms with E-state index in [-0.39, 0.29) is 30.9 Å². The molecule has 0 bridgehead atoms. The Hall–Kier alpha value is -1.10. The molecular weight excluding hydrogens is 380 g/mol. The number of hydrogen-bond donors (Lipinski definition) is 0. The van der Waals surface area contributed by atoms with Gasteiger partial charge in [-0.05, 0) is 25.7 Å². The van der Waals surface area contributed by atoms with Crippen molar-refractivity contribution in [3.63, 3.8) is 0 Å². The zero-order valence-electron chi connectivity index (χ0n) is 19.5. The molecule has 0 N–H and O–H groups in total. The second-order valence-electron chi connectivity index (χ2n) is 8.63. The first-order chi connectivity index (χ1) is 14.7. The van der Waals surface area contributed by atoms with E-state index in [1.54, 1.807) is 0 Å². The van der Waals surface area contributed by atoms with Crippen LogP contribution in [0.25, 0.3) is 0 Å². The summed E-state index contributed by atoms with van der Waals surface area (Å²) in [6, 6.07) is 0. The van der Waals surface area contributed by atoms with Gasteiger partial charge in [-0.25, -0.2) is 0 Å². The van der Waals surface area contributed by atoms with E-state index < -0.39 is 0 Å². The summed E-state index contributed by atoms with van der Waals surface area (Å²) in [5, 5.41) is 0. The average Bonchev–Trinajstić information content (AvgIpc) is 3.26. The van der Waals surface area contributed by atoms with Crippen LogP contribution in [0.4, 0.5) is 0 Å². The molecule has 1 aliphatic heterocycles. The lowest BCUT2D eigenvalue weighted by atomic mass is 10.0. The SMILES string of the molecule is CCCCCCCCCCCCCCCOC(=O)CCCC(=O)OCC1CCCO1. The van der Waals surface area contributed by atoms with E-state index in [9.17, 15) is 9.59 Å². The largest absolute Gasteiger partial charge is 0.466 e. The van der Waals surface area contributed by atoms with Crippen molar-refractivity contribution >= 4 is 11.9 Å². The molecule has 1 heterocycles. The molecule has 0 aliphatic carbocycles. The van der Waals surface area contributed by atoms with Gasteiger partial charge in [-0.1, -0.05) is 84.0 Å². The molecule has 0 aromatic carbocycles. The molecule has 1 atom stereocenters. The van der Waals surface area contributed by atoms with Crippen LogP contribution in [0, 0.1) is 0 Å². The maximum atomic E-state index is 11.7. The Labute approximate surface area is 184 Å². The standard InChI is InChI=1S/C25H46O5/c1-2-3-4-5-6-7-8-9-10-11-12-13-14-20-29-24(26)18-15-19-25(27)30-22-23-17-16-21-28-23/h23H,2-22H2,1H3. The normalized spacial score (nSPS) is 16.0. The molecule has 1 saturated heterocycles. The minimum absolute atomic E-state index is 0.0548. The molecule has 1 rings (SSSR count). The van der Waals surface area contributed by atoms with E-state index >= 15 is 0 Å². The maximum absolute atomic E-state index is 11.7. The molecule has 1 fully saturated rings. The van der Waals surface area contributed by atoms with Gasteiger partial charge in [0.25, 0.3) is 0 Å². The predicted molar refractivity (Wildman–Crippen MR) is 120 cm³/mol. The summed E-state index contributed by atoms with van der Waals surface area (Å²) in [7, 11) is 0. The predicted octanol–water partition coefficient (Wildman–Crippen LogP) is 6.51. The summed E-state index contributed by atoms with van der Waals surface area (Å²) in [6.07, 6.45) is 20.1. The van der Waals surface area contributed by atoms with Crippen molar-refractivity contribution in [3.8, 4) is 0 Å². The van der Waals surface area contributed by atoms with Crippen molar-refractivity contribution in [2.75, 3.05) is 19.8 Å². The Balaban J connectivity index is 1.77. The monoisotopic (exact) mass is 426 g/mol. The van der Waals surface area contributed by atoms with Crippen LogP contribution >= 0.6 is 0 Å². The van der Waals surface area contributed by atoms with Gasteiger partial charge >= 0.3 is 11.9 Å². The average molecular weight is 427 g/mol. The smallest absolute Gasteiger partial charge is 0.305 e. The highest BCUT2D eigenvalue weighted by molar-refractivity contribution is 5.72. The Morgan fingerprint density at radius 2 is 1.27 bits per heavy atom. The second-order valence-corrected chi connectivity index (χ2v) is 8.63. The number of carbonyl (C=O) groups is 2. The molecule has 30 heavy (non-hydrogen) atoms. The van der Waals surface area contributed by atoms with Gasteiger partial charge in [0.05, 0.1) is 12.7 Å². The van der Waals surface area contributed by atoms with Crippen LogP contribution in [0.5, 0.6) is 0 Å². The summed E-state index contributed by atoms with van der Waals surface area (Å²) in [6.45, 7) is 3.86. The van der Waals surface area contributed by atoms with Crippen molar-refractivity contribution in [1.82, 2.24) is 0 Å². The van der Waals surface area contributed by atoms with Crippen LogP contribution in [0.3, 0.4) is 0 Å². The second kappa shape index (κ2) is 19.8. The number of rotatable bonds is 20. The van der Waals surface area contributed by atoms with Gasteiger partial charge in [0.15, 0.2) is 0 Å². The molecule has 0 aromatic heterocycles. The number of unbranched alkanes of at least 4 members (excludes halogenated alkanes) is 12. The van der Waals surface area contributed by atoms with Gasteiger partial charge in [-0.3, -0.25) is 9.59 Å². The van der Waals surface area contributed by atoms with Crippen molar-refractivity contribution < 1.29 is 23.8 Å². The lowest BCUT2D eigenvalue weighted by Gasteiger charge is -2.10. The van der Waals surface area contributed by atoms with E-state index in [0.29, 0.717) is 19.6 Å². The third kappa shape index (κ3) is 16.7. The number of ether oxygens (including phenoxy) is 3. The van der Waals surface area contributed by atoms with Crippen LogP contribution in [-0.4, -0.2) is 37.9 Å². The van der Waals surface area contributed by atoms with Crippen LogP contribution in [0.15, 0.2) is 0 Å². The lowest BCUT2D eigenvalue weighted by molar-refractivity contribution is -0.147. The zero-order chi connectivity index (χ0) is 21.7. The zero-order valence-corrected chi connectivity index (χ0v) is 19.5. The first kappa shape index (κ1) is 26.9. The molecule has 176 valence electrons. The van der Waals surface area contributed by atoms with Crippen molar-refractivity contribution in [3.05, 3.63) is 0 Å². The van der Waals surface area contributed by atoms with Gasteiger partial charge < -0.3 is 14.2 Å². The molecule has 0 radical (unpaired) electrons. The first-order valence-corrected chi connectivity index (χ1v) is 12.6. The van der Waals surface area contributed by atoms with E-state index in [1.807, 2.05) is 0 Å². The van der Waals surface area contributed by atoms with E-state index in [0.717, 1.165) is 32.3 Å². The first-order valence-electron chi connectivity index (χ1n) is 12.6. The minimum atomic E-state index is -0.255. The Kier molecular flexibility index (Phi) is 17.8. The molecule has 5 nitrogen and oxygen atoms in total. The molecule has 1 unspecified atom stereocenters.